The zero-order valence-electron chi connectivity index (χ0n) is 15.4. The number of amides is 1. The number of thiazole rings is 1. The van der Waals surface area contributed by atoms with Crippen LogP contribution in [0.4, 0.5) is 0 Å². The summed E-state index contributed by atoms with van der Waals surface area (Å²) in [5.74, 6) is -0.144. The standard InChI is InChI=1S/C22H21N3O2S/c26-22(20-13-18(25-27-20)12-11-16-7-3-1-4-8-16)23-14-21-24-19(15-28-21)17-9-5-2-6-10-17/h1-10,15,20H,11-14H2,(H,23,26)/t20-/m1/s1. The van der Waals surface area contributed by atoms with E-state index in [1.807, 2.05) is 53.9 Å². The monoisotopic (exact) mass is 391 g/mol. The van der Waals surface area contributed by atoms with E-state index in [1.165, 1.54) is 16.9 Å². The Morgan fingerprint density at radius 3 is 2.61 bits per heavy atom. The highest BCUT2D eigenvalue weighted by Crippen LogP contribution is 2.21. The van der Waals surface area contributed by atoms with Crippen molar-refractivity contribution >= 4 is 23.0 Å². The van der Waals surface area contributed by atoms with Gasteiger partial charge in [0.25, 0.3) is 5.91 Å². The van der Waals surface area contributed by atoms with Crippen molar-refractivity contribution in [2.45, 2.75) is 31.9 Å². The first-order chi connectivity index (χ1) is 13.8. The summed E-state index contributed by atoms with van der Waals surface area (Å²) in [5.41, 5.74) is 4.20. The minimum absolute atomic E-state index is 0.144. The van der Waals surface area contributed by atoms with Gasteiger partial charge in [0.15, 0.2) is 0 Å². The maximum absolute atomic E-state index is 12.4. The molecule has 1 aliphatic heterocycles. The lowest BCUT2D eigenvalue weighted by atomic mass is 10.0. The lowest BCUT2D eigenvalue weighted by Gasteiger charge is -2.08. The quantitative estimate of drug-likeness (QED) is 0.656. The zero-order valence-corrected chi connectivity index (χ0v) is 16.2. The Kier molecular flexibility index (Phi) is 5.77. The highest BCUT2D eigenvalue weighted by Gasteiger charge is 2.27. The van der Waals surface area contributed by atoms with E-state index >= 15 is 0 Å². The van der Waals surface area contributed by atoms with E-state index in [-0.39, 0.29) is 5.91 Å². The van der Waals surface area contributed by atoms with Crippen molar-refractivity contribution in [1.29, 1.82) is 0 Å². The van der Waals surface area contributed by atoms with Crippen molar-refractivity contribution in [3.63, 3.8) is 0 Å². The van der Waals surface area contributed by atoms with E-state index in [0.29, 0.717) is 13.0 Å². The number of oxime groups is 1. The molecule has 28 heavy (non-hydrogen) atoms. The van der Waals surface area contributed by atoms with Gasteiger partial charge in [-0.15, -0.1) is 11.3 Å². The van der Waals surface area contributed by atoms with Gasteiger partial charge in [-0.2, -0.15) is 0 Å². The van der Waals surface area contributed by atoms with Gasteiger partial charge < -0.3 is 10.2 Å². The molecule has 1 aromatic heterocycles. The molecular formula is C22H21N3O2S. The van der Waals surface area contributed by atoms with Gasteiger partial charge in [0.2, 0.25) is 6.10 Å². The average molecular weight is 391 g/mol. The second kappa shape index (κ2) is 8.80. The Morgan fingerprint density at radius 2 is 1.82 bits per heavy atom. The summed E-state index contributed by atoms with van der Waals surface area (Å²) in [6.45, 7) is 0.398. The van der Waals surface area contributed by atoms with Gasteiger partial charge in [-0.3, -0.25) is 4.79 Å². The molecule has 0 radical (unpaired) electrons. The van der Waals surface area contributed by atoms with Crippen LogP contribution in [-0.2, 0) is 22.6 Å². The molecule has 1 amide bonds. The fourth-order valence-corrected chi connectivity index (χ4v) is 3.80. The van der Waals surface area contributed by atoms with Crippen LogP contribution in [0.25, 0.3) is 11.3 Å². The number of benzene rings is 2. The third-order valence-corrected chi connectivity index (χ3v) is 5.45. The predicted molar refractivity (Wildman–Crippen MR) is 111 cm³/mol. The third-order valence-electron chi connectivity index (χ3n) is 4.60. The highest BCUT2D eigenvalue weighted by atomic mass is 32.1. The first kappa shape index (κ1) is 18.4. The predicted octanol–water partition coefficient (Wildman–Crippen LogP) is 4.20. The molecule has 6 heteroatoms. The molecule has 142 valence electrons. The fourth-order valence-electron chi connectivity index (χ4n) is 3.06. The number of aryl methyl sites for hydroxylation is 1. The number of hydrogen-bond acceptors (Lipinski definition) is 5. The van der Waals surface area contributed by atoms with E-state index in [9.17, 15) is 4.79 Å². The maximum atomic E-state index is 12.4. The summed E-state index contributed by atoms with van der Waals surface area (Å²) >= 11 is 1.54. The molecule has 3 aromatic rings. The Labute approximate surface area is 168 Å². The molecule has 0 fully saturated rings. The van der Waals surface area contributed by atoms with Gasteiger partial charge in [-0.1, -0.05) is 65.8 Å². The molecule has 0 bridgehead atoms. The fraction of sp³-hybridized carbons (Fsp3) is 0.227. The van der Waals surface area contributed by atoms with Crippen molar-refractivity contribution in [1.82, 2.24) is 10.3 Å². The molecule has 4 rings (SSSR count). The van der Waals surface area contributed by atoms with Gasteiger partial charge in [0.1, 0.15) is 5.01 Å². The largest absolute Gasteiger partial charge is 0.382 e. The second-order valence-electron chi connectivity index (χ2n) is 6.65. The number of rotatable bonds is 7. The molecule has 1 aliphatic rings. The van der Waals surface area contributed by atoms with Crippen LogP contribution in [0.5, 0.6) is 0 Å². The summed E-state index contributed by atoms with van der Waals surface area (Å²) in [6.07, 6.45) is 1.71. The van der Waals surface area contributed by atoms with Crippen LogP contribution in [0.3, 0.4) is 0 Å². The van der Waals surface area contributed by atoms with Crippen molar-refractivity contribution in [3.8, 4) is 11.3 Å². The summed E-state index contributed by atoms with van der Waals surface area (Å²) < 4.78 is 0. The Hall–Kier alpha value is -2.99. The molecule has 1 atom stereocenters. The molecule has 0 saturated carbocycles. The lowest BCUT2D eigenvalue weighted by molar-refractivity contribution is -0.131. The van der Waals surface area contributed by atoms with Crippen LogP contribution >= 0.6 is 11.3 Å². The summed E-state index contributed by atoms with van der Waals surface area (Å²) in [7, 11) is 0. The first-order valence-corrected chi connectivity index (χ1v) is 10.2. The normalized spacial score (nSPS) is 15.7. The molecule has 0 aliphatic carbocycles. The molecule has 2 heterocycles. The summed E-state index contributed by atoms with van der Waals surface area (Å²) in [6, 6.07) is 20.3. The van der Waals surface area contributed by atoms with E-state index in [0.717, 1.165) is 34.8 Å². The Morgan fingerprint density at radius 1 is 1.07 bits per heavy atom. The van der Waals surface area contributed by atoms with Crippen LogP contribution in [0.15, 0.2) is 71.2 Å². The Balaban J connectivity index is 1.23. The zero-order chi connectivity index (χ0) is 19.2. The molecule has 1 N–H and O–H groups in total. The van der Waals surface area contributed by atoms with Crippen LogP contribution in [0.1, 0.15) is 23.4 Å². The van der Waals surface area contributed by atoms with E-state index in [2.05, 4.69) is 27.6 Å². The molecule has 5 nitrogen and oxygen atoms in total. The highest BCUT2D eigenvalue weighted by molar-refractivity contribution is 7.09. The molecular weight excluding hydrogens is 370 g/mol. The summed E-state index contributed by atoms with van der Waals surface area (Å²) in [5, 5.41) is 9.88. The molecule has 0 saturated heterocycles. The molecule has 0 spiro atoms. The van der Waals surface area contributed by atoms with Gasteiger partial charge in [-0.05, 0) is 18.4 Å². The number of carbonyl (C=O) groups is 1. The smallest absolute Gasteiger partial charge is 0.264 e. The van der Waals surface area contributed by atoms with Gasteiger partial charge in [0, 0.05) is 17.4 Å². The number of aromatic nitrogens is 1. The maximum Gasteiger partial charge on any atom is 0.264 e. The number of nitrogens with zero attached hydrogens (tertiary/aromatic N) is 2. The molecule has 0 unspecified atom stereocenters. The van der Waals surface area contributed by atoms with Crippen LogP contribution in [0, 0.1) is 0 Å². The molecule has 2 aromatic carbocycles. The lowest BCUT2D eigenvalue weighted by Crippen LogP contribution is -2.34. The minimum Gasteiger partial charge on any atom is -0.382 e. The van der Waals surface area contributed by atoms with Gasteiger partial charge >= 0.3 is 0 Å². The first-order valence-electron chi connectivity index (χ1n) is 9.31. The van der Waals surface area contributed by atoms with E-state index < -0.39 is 6.10 Å². The number of nitrogens with one attached hydrogen (secondary N) is 1. The number of hydrogen-bond donors (Lipinski definition) is 1. The second-order valence-corrected chi connectivity index (χ2v) is 7.59. The van der Waals surface area contributed by atoms with Gasteiger partial charge in [-0.25, -0.2) is 4.98 Å². The van der Waals surface area contributed by atoms with E-state index in [1.54, 1.807) is 0 Å². The van der Waals surface area contributed by atoms with Crippen molar-refractivity contribution in [2.75, 3.05) is 0 Å². The average Bonchev–Trinajstić information content (AvgIpc) is 3.42. The van der Waals surface area contributed by atoms with E-state index in [4.69, 9.17) is 4.84 Å². The van der Waals surface area contributed by atoms with Crippen LogP contribution in [-0.4, -0.2) is 22.7 Å². The third kappa shape index (κ3) is 4.64. The number of carbonyl (C=O) groups excluding carboxylic acids is 1. The Bertz CT molecular complexity index is 954. The van der Waals surface area contributed by atoms with Crippen molar-refractivity contribution in [3.05, 3.63) is 76.6 Å². The van der Waals surface area contributed by atoms with Crippen molar-refractivity contribution in [2.24, 2.45) is 5.16 Å². The minimum atomic E-state index is -0.542. The van der Waals surface area contributed by atoms with Crippen molar-refractivity contribution < 1.29 is 9.63 Å². The summed E-state index contributed by atoms with van der Waals surface area (Å²) in [4.78, 5) is 22.3. The van der Waals surface area contributed by atoms with Crippen LogP contribution in [0.2, 0.25) is 0 Å². The van der Waals surface area contributed by atoms with Gasteiger partial charge in [0.05, 0.1) is 18.0 Å². The topological polar surface area (TPSA) is 63.6 Å². The van der Waals surface area contributed by atoms with Crippen LogP contribution < -0.4 is 5.32 Å². The SMILES string of the molecule is O=C(NCc1nc(-c2ccccc2)cs1)[C@H]1CC(CCc2ccccc2)=NO1.